The molecule has 0 spiro atoms. The lowest BCUT2D eigenvalue weighted by Crippen LogP contribution is -2.40. The fraction of sp³-hybridized carbons (Fsp3) is 0.300. The van der Waals surface area contributed by atoms with Gasteiger partial charge in [0.15, 0.2) is 0 Å². The molecule has 0 aliphatic carbocycles. The second kappa shape index (κ2) is 8.79. The molecule has 0 saturated heterocycles. The van der Waals surface area contributed by atoms with Gasteiger partial charge in [0.25, 0.3) is 5.56 Å². The summed E-state index contributed by atoms with van der Waals surface area (Å²) in [6, 6.07) is 10.7. The molecule has 3 aromatic rings. The first kappa shape index (κ1) is 19.8. The highest BCUT2D eigenvalue weighted by molar-refractivity contribution is 7.18. The number of anilines is 1. The summed E-state index contributed by atoms with van der Waals surface area (Å²) in [4.78, 5) is 45.0. The lowest BCUT2D eigenvalue weighted by Gasteiger charge is -2.22. The van der Waals surface area contributed by atoms with Gasteiger partial charge in [0.2, 0.25) is 5.91 Å². The minimum atomic E-state index is -0.508. The number of esters is 1. The van der Waals surface area contributed by atoms with Gasteiger partial charge in [-0.25, -0.2) is 4.98 Å². The van der Waals surface area contributed by atoms with Crippen LogP contribution in [-0.2, 0) is 27.3 Å². The van der Waals surface area contributed by atoms with Crippen molar-refractivity contribution in [3.63, 3.8) is 0 Å². The van der Waals surface area contributed by atoms with Gasteiger partial charge in [0.1, 0.15) is 17.9 Å². The van der Waals surface area contributed by atoms with Crippen molar-refractivity contribution >= 4 is 39.1 Å². The largest absolute Gasteiger partial charge is 0.465 e. The van der Waals surface area contributed by atoms with Gasteiger partial charge in [-0.3, -0.25) is 23.9 Å². The Bertz CT molecular complexity index is 1040. The molecule has 1 amide bonds. The maximum Gasteiger partial charge on any atom is 0.326 e. The quantitative estimate of drug-likeness (QED) is 0.571. The fourth-order valence-corrected chi connectivity index (χ4v) is 3.72. The summed E-state index contributed by atoms with van der Waals surface area (Å²) in [5.74, 6) is -0.903. The zero-order valence-corrected chi connectivity index (χ0v) is 16.6. The van der Waals surface area contributed by atoms with Crippen molar-refractivity contribution in [1.82, 2.24) is 9.55 Å². The van der Waals surface area contributed by atoms with Gasteiger partial charge in [-0.1, -0.05) is 25.1 Å². The average Bonchev–Trinajstić information content (AvgIpc) is 3.13. The number of fused-ring (bicyclic) bond motifs is 1. The van der Waals surface area contributed by atoms with Crippen LogP contribution >= 0.6 is 11.3 Å². The Morgan fingerprint density at radius 1 is 1.21 bits per heavy atom. The number of carbonyl (C=O) groups is 2. The van der Waals surface area contributed by atoms with E-state index in [0.717, 1.165) is 11.3 Å². The highest BCUT2D eigenvalue weighted by Gasteiger charge is 2.21. The molecular formula is C20H21N3O4S. The summed E-state index contributed by atoms with van der Waals surface area (Å²) >= 11 is 1.48. The number of hydrogen-bond donors (Lipinski definition) is 0. The molecule has 1 aromatic carbocycles. The van der Waals surface area contributed by atoms with Crippen LogP contribution in [-0.4, -0.2) is 34.6 Å². The van der Waals surface area contributed by atoms with Crippen molar-refractivity contribution in [2.45, 2.75) is 26.8 Å². The number of para-hydroxylation sites is 1. The molecule has 0 saturated carbocycles. The SMILES string of the molecule is CCOC(=O)CN(C(=O)Cn1cnc2sc(CC)cc2c1=O)c1ccccc1. The lowest BCUT2D eigenvalue weighted by atomic mass is 10.2. The minimum Gasteiger partial charge on any atom is -0.465 e. The van der Waals surface area contributed by atoms with Crippen LogP contribution in [0.15, 0.2) is 47.5 Å². The standard InChI is InChI=1S/C20H21N3O4S/c1-3-15-10-16-19(28-15)21-13-22(20(16)26)11-17(24)23(12-18(25)27-4-2)14-8-6-5-7-9-14/h5-10,13H,3-4,11-12H2,1-2H3. The molecule has 8 heteroatoms. The molecule has 0 aliphatic heterocycles. The van der Waals surface area contributed by atoms with Crippen LogP contribution in [0.25, 0.3) is 10.2 Å². The number of aryl methyl sites for hydroxylation is 1. The second-order valence-electron chi connectivity index (χ2n) is 6.08. The number of carbonyl (C=O) groups excluding carboxylic acids is 2. The zero-order valence-electron chi connectivity index (χ0n) is 15.8. The third-order valence-corrected chi connectivity index (χ3v) is 5.37. The summed E-state index contributed by atoms with van der Waals surface area (Å²) in [5.41, 5.74) is 0.296. The number of benzene rings is 1. The number of amides is 1. The van der Waals surface area contributed by atoms with E-state index in [1.165, 1.54) is 27.1 Å². The van der Waals surface area contributed by atoms with Crippen LogP contribution < -0.4 is 10.5 Å². The number of ether oxygens (including phenoxy) is 1. The fourth-order valence-electron chi connectivity index (χ4n) is 2.79. The molecule has 0 N–H and O–H groups in total. The van der Waals surface area contributed by atoms with Crippen LogP contribution in [0.3, 0.4) is 0 Å². The number of thiophene rings is 1. The third kappa shape index (κ3) is 4.28. The second-order valence-corrected chi connectivity index (χ2v) is 7.20. The first-order valence-electron chi connectivity index (χ1n) is 9.02. The number of aromatic nitrogens is 2. The molecule has 0 atom stereocenters. The first-order valence-corrected chi connectivity index (χ1v) is 9.84. The molecule has 0 fully saturated rings. The summed E-state index contributed by atoms with van der Waals surface area (Å²) in [5, 5.41) is 0.508. The third-order valence-electron chi connectivity index (χ3n) is 4.18. The molecule has 2 aromatic heterocycles. The van der Waals surface area contributed by atoms with E-state index in [4.69, 9.17) is 4.74 Å². The first-order chi connectivity index (χ1) is 13.5. The Balaban J connectivity index is 1.89. The van der Waals surface area contributed by atoms with Crippen LogP contribution in [0, 0.1) is 0 Å². The molecule has 146 valence electrons. The van der Waals surface area contributed by atoms with Gasteiger partial charge >= 0.3 is 5.97 Å². The molecule has 0 radical (unpaired) electrons. The van der Waals surface area contributed by atoms with Gasteiger partial charge in [-0.05, 0) is 31.5 Å². The number of hydrogen-bond acceptors (Lipinski definition) is 6. The van der Waals surface area contributed by atoms with E-state index in [9.17, 15) is 14.4 Å². The van der Waals surface area contributed by atoms with Crippen molar-refractivity contribution in [3.05, 3.63) is 58.0 Å². The number of nitrogens with zero attached hydrogens (tertiary/aromatic N) is 3. The summed E-state index contributed by atoms with van der Waals surface area (Å²) in [6.07, 6.45) is 2.20. The Kier molecular flexibility index (Phi) is 6.20. The molecular weight excluding hydrogens is 378 g/mol. The molecule has 0 unspecified atom stereocenters. The van der Waals surface area contributed by atoms with E-state index in [0.29, 0.717) is 15.9 Å². The minimum absolute atomic E-state index is 0.215. The Morgan fingerprint density at radius 2 is 1.96 bits per heavy atom. The van der Waals surface area contributed by atoms with Crippen molar-refractivity contribution in [2.75, 3.05) is 18.1 Å². The van der Waals surface area contributed by atoms with Crippen molar-refractivity contribution in [1.29, 1.82) is 0 Å². The van der Waals surface area contributed by atoms with Gasteiger partial charge in [0.05, 0.1) is 18.3 Å². The molecule has 0 aliphatic rings. The zero-order chi connectivity index (χ0) is 20.1. The summed E-state index contributed by atoms with van der Waals surface area (Å²) < 4.78 is 6.25. The van der Waals surface area contributed by atoms with Crippen molar-refractivity contribution in [3.8, 4) is 0 Å². The van der Waals surface area contributed by atoms with Crippen molar-refractivity contribution in [2.24, 2.45) is 0 Å². The lowest BCUT2D eigenvalue weighted by molar-refractivity contribution is -0.142. The normalized spacial score (nSPS) is 10.8. The molecule has 0 bridgehead atoms. The topological polar surface area (TPSA) is 81.5 Å². The van der Waals surface area contributed by atoms with Gasteiger partial charge in [-0.15, -0.1) is 11.3 Å². The number of rotatable bonds is 7. The summed E-state index contributed by atoms with van der Waals surface area (Å²) in [7, 11) is 0. The maximum atomic E-state index is 12.9. The smallest absolute Gasteiger partial charge is 0.326 e. The van der Waals surface area contributed by atoms with Gasteiger partial charge < -0.3 is 4.74 Å². The van der Waals surface area contributed by atoms with Crippen LogP contribution in [0.1, 0.15) is 18.7 Å². The summed E-state index contributed by atoms with van der Waals surface area (Å²) in [6.45, 7) is 3.51. The molecule has 2 heterocycles. The van der Waals surface area contributed by atoms with E-state index >= 15 is 0 Å². The van der Waals surface area contributed by atoms with Crippen LogP contribution in [0.5, 0.6) is 0 Å². The van der Waals surface area contributed by atoms with E-state index < -0.39 is 11.9 Å². The Morgan fingerprint density at radius 3 is 2.64 bits per heavy atom. The van der Waals surface area contributed by atoms with Crippen molar-refractivity contribution < 1.29 is 14.3 Å². The van der Waals surface area contributed by atoms with E-state index in [2.05, 4.69) is 4.98 Å². The predicted octanol–water partition coefficient (Wildman–Crippen LogP) is 2.62. The van der Waals surface area contributed by atoms with Gasteiger partial charge in [-0.2, -0.15) is 0 Å². The highest BCUT2D eigenvalue weighted by Crippen LogP contribution is 2.21. The van der Waals surface area contributed by atoms with E-state index in [1.807, 2.05) is 19.1 Å². The van der Waals surface area contributed by atoms with Crippen LogP contribution in [0.2, 0.25) is 0 Å². The Hall–Kier alpha value is -3.00. The Labute approximate surface area is 166 Å². The predicted molar refractivity (Wildman–Crippen MR) is 109 cm³/mol. The maximum absolute atomic E-state index is 12.9. The average molecular weight is 399 g/mol. The van der Waals surface area contributed by atoms with Crippen LogP contribution in [0.4, 0.5) is 5.69 Å². The molecule has 28 heavy (non-hydrogen) atoms. The molecule has 3 rings (SSSR count). The molecule has 7 nitrogen and oxygen atoms in total. The van der Waals surface area contributed by atoms with E-state index in [1.54, 1.807) is 31.2 Å². The van der Waals surface area contributed by atoms with Gasteiger partial charge in [0, 0.05) is 10.6 Å². The van der Waals surface area contributed by atoms with E-state index in [-0.39, 0.29) is 25.3 Å². The highest BCUT2D eigenvalue weighted by atomic mass is 32.1. The monoisotopic (exact) mass is 399 g/mol.